The van der Waals surface area contributed by atoms with Crippen molar-refractivity contribution in [2.45, 2.75) is 44.1 Å². The molecule has 2 heterocycles. The molecule has 1 aliphatic rings. The lowest BCUT2D eigenvalue weighted by Crippen LogP contribution is -2.47. The second-order valence-electron chi connectivity index (χ2n) is 6.12. The van der Waals surface area contributed by atoms with Gasteiger partial charge in [-0.15, -0.1) is 0 Å². The second-order valence-corrected chi connectivity index (χ2v) is 6.12. The Morgan fingerprint density at radius 3 is 2.92 bits per heavy atom. The third kappa shape index (κ3) is 6.04. The average molecular weight is 349 g/mol. The first-order chi connectivity index (χ1) is 11.2. The number of alkyl halides is 3. The maximum atomic E-state index is 12.3. The van der Waals surface area contributed by atoms with Gasteiger partial charge in [0.05, 0.1) is 12.8 Å². The normalized spacial score (nSPS) is 21.5. The average Bonchev–Trinajstić information content (AvgIpc) is 3.08. The minimum Gasteiger partial charge on any atom is -0.467 e. The van der Waals surface area contributed by atoms with Gasteiger partial charge >= 0.3 is 12.2 Å². The van der Waals surface area contributed by atoms with Crippen molar-refractivity contribution in [2.24, 2.45) is 0 Å². The number of halogens is 3. The van der Waals surface area contributed by atoms with Gasteiger partial charge in [-0.3, -0.25) is 4.90 Å². The lowest BCUT2D eigenvalue weighted by Gasteiger charge is -2.20. The van der Waals surface area contributed by atoms with Crippen LogP contribution in [-0.4, -0.2) is 53.9 Å². The summed E-state index contributed by atoms with van der Waals surface area (Å²) in [6.07, 6.45) is -2.85. The van der Waals surface area contributed by atoms with E-state index in [0.717, 1.165) is 0 Å². The smallest absolute Gasteiger partial charge is 0.401 e. The molecule has 0 bridgehead atoms. The van der Waals surface area contributed by atoms with Crippen LogP contribution in [0.25, 0.3) is 0 Å². The molecule has 24 heavy (non-hydrogen) atoms. The molecule has 9 heteroatoms. The summed E-state index contributed by atoms with van der Waals surface area (Å²) < 4.78 is 42.1. The molecule has 0 aromatic carbocycles. The van der Waals surface area contributed by atoms with E-state index in [0.29, 0.717) is 18.7 Å². The zero-order chi connectivity index (χ0) is 17.7. The Bertz CT molecular complexity index is 522. The fourth-order valence-electron chi connectivity index (χ4n) is 2.79. The molecule has 1 saturated heterocycles. The predicted octanol–water partition coefficient (Wildman–Crippen LogP) is 2.03. The van der Waals surface area contributed by atoms with Gasteiger partial charge in [0, 0.05) is 31.6 Å². The number of urea groups is 1. The summed E-state index contributed by atoms with van der Waals surface area (Å²) >= 11 is 0. The number of nitrogens with zero attached hydrogens (tertiary/aromatic N) is 1. The standard InChI is InChI=1S/C15H22F3N3O3/c1-10(7-12(22)13-3-2-6-24-13)19-14(23)20-11-4-5-21(8-11)9-15(16,17)18/h2-3,6,10-12,22H,4-5,7-9H2,1H3,(H2,19,20,23). The fraction of sp³-hybridized carbons (Fsp3) is 0.667. The zero-order valence-electron chi connectivity index (χ0n) is 13.3. The van der Waals surface area contributed by atoms with Gasteiger partial charge in [0.1, 0.15) is 11.9 Å². The summed E-state index contributed by atoms with van der Waals surface area (Å²) in [4.78, 5) is 13.2. The summed E-state index contributed by atoms with van der Waals surface area (Å²) in [7, 11) is 0. The number of carbonyl (C=O) groups is 1. The molecule has 2 amide bonds. The molecule has 3 atom stereocenters. The summed E-state index contributed by atoms with van der Waals surface area (Å²) in [5, 5.41) is 15.3. The summed E-state index contributed by atoms with van der Waals surface area (Å²) in [6, 6.07) is 2.22. The van der Waals surface area contributed by atoms with Crippen LogP contribution in [0.4, 0.5) is 18.0 Å². The van der Waals surface area contributed by atoms with E-state index in [1.54, 1.807) is 19.1 Å². The minimum atomic E-state index is -4.23. The van der Waals surface area contributed by atoms with Gasteiger partial charge in [0.25, 0.3) is 0 Å². The highest BCUT2D eigenvalue weighted by molar-refractivity contribution is 5.74. The molecule has 6 nitrogen and oxygen atoms in total. The van der Waals surface area contributed by atoms with Gasteiger partial charge in [-0.1, -0.05) is 0 Å². The molecule has 1 aromatic rings. The van der Waals surface area contributed by atoms with E-state index in [2.05, 4.69) is 10.6 Å². The molecular formula is C15H22F3N3O3. The number of carbonyl (C=O) groups excluding carboxylic acids is 1. The molecule has 136 valence electrons. The molecule has 0 aliphatic carbocycles. The molecule has 0 saturated carbocycles. The van der Waals surface area contributed by atoms with Gasteiger partial charge in [-0.2, -0.15) is 13.2 Å². The molecule has 0 spiro atoms. The third-order valence-corrected chi connectivity index (χ3v) is 3.84. The summed E-state index contributed by atoms with van der Waals surface area (Å²) in [5.74, 6) is 0.419. The van der Waals surface area contributed by atoms with Crippen LogP contribution in [0.3, 0.4) is 0 Å². The predicted molar refractivity (Wildman–Crippen MR) is 80.3 cm³/mol. The van der Waals surface area contributed by atoms with Gasteiger partial charge in [-0.05, 0) is 25.5 Å². The fourth-order valence-corrected chi connectivity index (χ4v) is 2.79. The quantitative estimate of drug-likeness (QED) is 0.734. The van der Waals surface area contributed by atoms with E-state index in [9.17, 15) is 23.1 Å². The largest absolute Gasteiger partial charge is 0.467 e. The molecule has 1 aliphatic heterocycles. The van der Waals surface area contributed by atoms with Crippen LogP contribution >= 0.6 is 0 Å². The Morgan fingerprint density at radius 1 is 1.54 bits per heavy atom. The molecule has 0 radical (unpaired) electrons. The number of likely N-dealkylation sites (tertiary alicyclic amines) is 1. The number of hydrogen-bond donors (Lipinski definition) is 3. The van der Waals surface area contributed by atoms with Crippen LogP contribution in [0.2, 0.25) is 0 Å². The van der Waals surface area contributed by atoms with E-state index in [-0.39, 0.29) is 25.0 Å². The maximum Gasteiger partial charge on any atom is 0.401 e. The van der Waals surface area contributed by atoms with Crippen molar-refractivity contribution in [3.63, 3.8) is 0 Å². The van der Waals surface area contributed by atoms with Crippen LogP contribution in [0.5, 0.6) is 0 Å². The topological polar surface area (TPSA) is 77.7 Å². The number of aliphatic hydroxyl groups excluding tert-OH is 1. The van der Waals surface area contributed by atoms with Crippen LogP contribution in [0.15, 0.2) is 22.8 Å². The van der Waals surface area contributed by atoms with E-state index in [1.807, 2.05) is 0 Å². The van der Waals surface area contributed by atoms with Crippen LogP contribution in [0, 0.1) is 0 Å². The van der Waals surface area contributed by atoms with Crippen molar-refractivity contribution >= 4 is 6.03 Å². The number of furan rings is 1. The molecule has 2 rings (SSSR count). The minimum absolute atomic E-state index is 0.177. The van der Waals surface area contributed by atoms with Gasteiger partial charge < -0.3 is 20.2 Å². The second kappa shape index (κ2) is 7.89. The molecular weight excluding hydrogens is 327 g/mol. The van der Waals surface area contributed by atoms with E-state index < -0.39 is 24.9 Å². The van der Waals surface area contributed by atoms with Gasteiger partial charge in [0.15, 0.2) is 0 Å². The highest BCUT2D eigenvalue weighted by atomic mass is 19.4. The van der Waals surface area contributed by atoms with Crippen molar-refractivity contribution in [3.05, 3.63) is 24.2 Å². The summed E-state index contributed by atoms with van der Waals surface area (Å²) in [6.45, 7) is 1.25. The lowest BCUT2D eigenvalue weighted by atomic mass is 10.1. The van der Waals surface area contributed by atoms with Crippen LogP contribution < -0.4 is 10.6 Å². The first-order valence-electron chi connectivity index (χ1n) is 7.80. The lowest BCUT2D eigenvalue weighted by molar-refractivity contribution is -0.143. The van der Waals surface area contributed by atoms with Crippen LogP contribution in [-0.2, 0) is 0 Å². The van der Waals surface area contributed by atoms with Crippen molar-refractivity contribution in [1.29, 1.82) is 0 Å². The van der Waals surface area contributed by atoms with E-state index in [1.165, 1.54) is 11.2 Å². The Morgan fingerprint density at radius 2 is 2.29 bits per heavy atom. The number of nitrogens with one attached hydrogen (secondary N) is 2. The number of hydrogen-bond acceptors (Lipinski definition) is 4. The first kappa shape index (κ1) is 18.6. The zero-order valence-corrected chi connectivity index (χ0v) is 13.3. The maximum absolute atomic E-state index is 12.3. The SMILES string of the molecule is CC(CC(O)c1ccco1)NC(=O)NC1CCN(CC(F)(F)F)C1. The van der Waals surface area contributed by atoms with Gasteiger partial charge in [0.2, 0.25) is 0 Å². The van der Waals surface area contributed by atoms with E-state index in [4.69, 9.17) is 4.42 Å². The highest BCUT2D eigenvalue weighted by Crippen LogP contribution is 2.20. The Hall–Kier alpha value is -1.74. The van der Waals surface area contributed by atoms with Gasteiger partial charge in [-0.25, -0.2) is 4.79 Å². The number of rotatable bonds is 6. The first-order valence-corrected chi connectivity index (χ1v) is 7.80. The Labute approximate surface area is 138 Å². The van der Waals surface area contributed by atoms with Crippen molar-refractivity contribution in [2.75, 3.05) is 19.6 Å². The highest BCUT2D eigenvalue weighted by Gasteiger charge is 2.34. The van der Waals surface area contributed by atoms with Crippen molar-refractivity contribution in [3.8, 4) is 0 Å². The van der Waals surface area contributed by atoms with E-state index >= 15 is 0 Å². The third-order valence-electron chi connectivity index (χ3n) is 3.84. The van der Waals surface area contributed by atoms with Crippen LogP contribution in [0.1, 0.15) is 31.6 Å². The molecule has 3 N–H and O–H groups in total. The number of aliphatic hydroxyl groups is 1. The Balaban J connectivity index is 1.69. The number of amides is 2. The summed E-state index contributed by atoms with van der Waals surface area (Å²) in [5.41, 5.74) is 0. The van der Waals surface area contributed by atoms with Crippen molar-refractivity contribution < 1.29 is 27.5 Å². The monoisotopic (exact) mass is 349 g/mol. The molecule has 3 unspecified atom stereocenters. The molecule has 1 aromatic heterocycles. The molecule has 1 fully saturated rings. The van der Waals surface area contributed by atoms with Crippen molar-refractivity contribution in [1.82, 2.24) is 15.5 Å². The Kier molecular flexibility index (Phi) is 6.11.